The Balaban J connectivity index is 2.24. The van der Waals surface area contributed by atoms with E-state index in [1.54, 1.807) is 35.1 Å². The van der Waals surface area contributed by atoms with Crippen molar-refractivity contribution >= 4 is 34.2 Å². The van der Waals surface area contributed by atoms with E-state index in [9.17, 15) is 9.59 Å². The minimum absolute atomic E-state index is 0.141. The number of ketones is 2. The van der Waals surface area contributed by atoms with E-state index in [0.29, 0.717) is 20.9 Å². The lowest BCUT2D eigenvalue weighted by Crippen LogP contribution is -2.21. The molecule has 0 aromatic heterocycles. The maximum Gasteiger partial charge on any atom is 0.201 e. The van der Waals surface area contributed by atoms with Crippen LogP contribution in [0.25, 0.3) is 0 Å². The Morgan fingerprint density at radius 3 is 2.44 bits per heavy atom. The molecule has 0 fully saturated rings. The van der Waals surface area contributed by atoms with Gasteiger partial charge in [-0.1, -0.05) is 36.0 Å². The van der Waals surface area contributed by atoms with Crippen LogP contribution in [-0.4, -0.2) is 11.6 Å². The number of thiol groups is 1. The number of carbonyl (C=O) groups excluding carboxylic acids is 2. The van der Waals surface area contributed by atoms with Crippen LogP contribution >= 0.6 is 22.7 Å². The Labute approximate surface area is 111 Å². The number of hydrogen-bond acceptors (Lipinski definition) is 4. The van der Waals surface area contributed by atoms with Crippen molar-refractivity contribution in [2.45, 2.75) is 0 Å². The molecule has 3 rings (SSSR count). The standard InChI is InChI=1S/C13H7NO2S2/c14-7-18-6-5-17-12-10(15)8-3-1-2-4-9(8)11(16)13(12)18/h1-6,18H. The Kier molecular flexibility index (Phi) is 2.62. The zero-order chi connectivity index (χ0) is 12.7. The monoisotopic (exact) mass is 273 g/mol. The van der Waals surface area contributed by atoms with Crippen LogP contribution in [0.5, 0.6) is 0 Å². The zero-order valence-corrected chi connectivity index (χ0v) is 10.8. The van der Waals surface area contributed by atoms with Crippen LogP contribution in [0.1, 0.15) is 20.7 Å². The Morgan fingerprint density at radius 2 is 1.78 bits per heavy atom. The van der Waals surface area contributed by atoms with Crippen molar-refractivity contribution in [2.75, 3.05) is 0 Å². The van der Waals surface area contributed by atoms with E-state index < -0.39 is 10.9 Å². The topological polar surface area (TPSA) is 57.9 Å². The lowest BCUT2D eigenvalue weighted by Gasteiger charge is -2.25. The molecule has 0 spiro atoms. The van der Waals surface area contributed by atoms with Gasteiger partial charge >= 0.3 is 0 Å². The van der Waals surface area contributed by atoms with Crippen LogP contribution in [0.15, 0.2) is 44.9 Å². The van der Waals surface area contributed by atoms with Crippen molar-refractivity contribution in [3.63, 3.8) is 0 Å². The molecule has 1 heterocycles. The van der Waals surface area contributed by atoms with E-state index >= 15 is 0 Å². The number of nitrogens with zero attached hydrogens (tertiary/aromatic N) is 1. The summed E-state index contributed by atoms with van der Waals surface area (Å²) >= 11 is 1.24. The van der Waals surface area contributed by atoms with Crippen LogP contribution in [0.3, 0.4) is 0 Å². The van der Waals surface area contributed by atoms with Gasteiger partial charge in [-0.05, 0) is 10.8 Å². The lowest BCUT2D eigenvalue weighted by atomic mass is 9.94. The van der Waals surface area contributed by atoms with Crippen LogP contribution in [0.4, 0.5) is 0 Å². The van der Waals surface area contributed by atoms with Gasteiger partial charge < -0.3 is 0 Å². The molecule has 0 saturated carbocycles. The average Bonchev–Trinajstić information content (AvgIpc) is 2.44. The normalized spacial score (nSPS) is 23.4. The highest BCUT2D eigenvalue weighted by Gasteiger charge is 2.35. The Morgan fingerprint density at radius 1 is 1.11 bits per heavy atom. The molecule has 1 aromatic carbocycles. The second kappa shape index (κ2) is 4.16. The fourth-order valence-electron chi connectivity index (χ4n) is 1.98. The van der Waals surface area contributed by atoms with E-state index in [2.05, 4.69) is 5.40 Å². The van der Waals surface area contributed by atoms with Gasteiger partial charge in [0.1, 0.15) is 5.40 Å². The van der Waals surface area contributed by atoms with Gasteiger partial charge in [-0.15, -0.1) is 10.9 Å². The molecule has 5 heteroatoms. The summed E-state index contributed by atoms with van der Waals surface area (Å²) in [5.74, 6) is -0.318. The number of rotatable bonds is 0. The second-order valence-corrected chi connectivity index (χ2v) is 6.36. The number of thioether (sulfide) groups is 1. The molecule has 0 amide bonds. The number of fused-ring (bicyclic) bond motifs is 1. The van der Waals surface area contributed by atoms with E-state index in [4.69, 9.17) is 5.26 Å². The summed E-state index contributed by atoms with van der Waals surface area (Å²) in [6.07, 6.45) is 0. The van der Waals surface area contributed by atoms with Gasteiger partial charge in [-0.3, -0.25) is 9.59 Å². The third kappa shape index (κ3) is 1.47. The predicted octanol–water partition coefficient (Wildman–Crippen LogP) is 2.98. The molecule has 0 bridgehead atoms. The van der Waals surface area contributed by atoms with Gasteiger partial charge in [-0.25, -0.2) is 0 Å². The summed E-state index contributed by atoms with van der Waals surface area (Å²) in [5, 5.41) is 14.7. The molecular weight excluding hydrogens is 266 g/mol. The zero-order valence-electron chi connectivity index (χ0n) is 9.08. The van der Waals surface area contributed by atoms with Crippen molar-refractivity contribution in [1.29, 1.82) is 5.26 Å². The number of Topliss-reactive ketones (excluding diaryl/α,β-unsaturated/α-hetero) is 2. The highest BCUT2D eigenvalue weighted by atomic mass is 32.2. The third-order valence-electron chi connectivity index (χ3n) is 2.80. The van der Waals surface area contributed by atoms with Gasteiger partial charge in [-0.2, -0.15) is 5.26 Å². The average molecular weight is 273 g/mol. The van der Waals surface area contributed by atoms with Gasteiger partial charge in [0.15, 0.2) is 0 Å². The number of allylic oxidation sites excluding steroid dienone is 2. The number of benzene rings is 1. The first-order valence-corrected chi connectivity index (χ1v) is 7.48. The van der Waals surface area contributed by atoms with Crippen LogP contribution in [0, 0.1) is 10.7 Å². The van der Waals surface area contributed by atoms with Gasteiger partial charge in [0.05, 0.1) is 9.81 Å². The van der Waals surface area contributed by atoms with E-state index in [1.807, 2.05) is 0 Å². The largest absolute Gasteiger partial charge is 0.288 e. The maximum atomic E-state index is 12.4. The van der Waals surface area contributed by atoms with Gasteiger partial charge in [0, 0.05) is 11.1 Å². The first-order valence-electron chi connectivity index (χ1n) is 5.19. The quantitative estimate of drug-likeness (QED) is 0.583. The molecule has 1 aromatic rings. The van der Waals surface area contributed by atoms with Crippen LogP contribution in [-0.2, 0) is 0 Å². The van der Waals surface area contributed by atoms with Crippen LogP contribution < -0.4 is 0 Å². The van der Waals surface area contributed by atoms with Gasteiger partial charge in [0.25, 0.3) is 0 Å². The summed E-state index contributed by atoms with van der Waals surface area (Å²) < 4.78 is 0. The van der Waals surface area contributed by atoms with Crippen molar-refractivity contribution in [2.24, 2.45) is 0 Å². The molecule has 18 heavy (non-hydrogen) atoms. The first-order chi connectivity index (χ1) is 8.74. The molecular formula is C13H7NO2S2. The molecule has 1 aliphatic carbocycles. The molecule has 2 aliphatic rings. The highest BCUT2D eigenvalue weighted by molar-refractivity contribution is 8.29. The number of carbonyl (C=O) groups is 2. The van der Waals surface area contributed by atoms with Crippen molar-refractivity contribution in [3.8, 4) is 5.40 Å². The molecule has 1 atom stereocenters. The predicted molar refractivity (Wildman–Crippen MR) is 73.5 cm³/mol. The SMILES string of the molecule is N#C[SH]1C=CSC2=C1C(=O)c1ccccc1C2=O. The molecule has 3 nitrogen and oxygen atoms in total. The summed E-state index contributed by atoms with van der Waals surface area (Å²) in [6.45, 7) is 0. The molecule has 1 unspecified atom stereocenters. The van der Waals surface area contributed by atoms with E-state index in [0.717, 1.165) is 0 Å². The van der Waals surface area contributed by atoms with Crippen molar-refractivity contribution in [1.82, 2.24) is 0 Å². The van der Waals surface area contributed by atoms with Crippen molar-refractivity contribution < 1.29 is 9.59 Å². The van der Waals surface area contributed by atoms with Crippen molar-refractivity contribution in [3.05, 3.63) is 56.0 Å². The van der Waals surface area contributed by atoms with E-state index in [1.165, 1.54) is 11.8 Å². The second-order valence-electron chi connectivity index (χ2n) is 3.75. The number of nitriles is 1. The smallest absolute Gasteiger partial charge is 0.201 e. The molecule has 0 N–H and O–H groups in total. The fraction of sp³-hybridized carbons (Fsp3) is 0. The summed E-state index contributed by atoms with van der Waals surface area (Å²) in [7, 11) is -1.30. The number of hydrogen-bond donors (Lipinski definition) is 1. The minimum atomic E-state index is -1.30. The minimum Gasteiger partial charge on any atom is -0.288 e. The van der Waals surface area contributed by atoms with E-state index in [-0.39, 0.29) is 11.6 Å². The fourth-order valence-corrected chi connectivity index (χ4v) is 4.70. The third-order valence-corrected chi connectivity index (χ3v) is 5.62. The molecule has 0 radical (unpaired) electrons. The Bertz CT molecular complexity index is 682. The lowest BCUT2D eigenvalue weighted by molar-refractivity contribution is 0.0988. The highest BCUT2D eigenvalue weighted by Crippen LogP contribution is 2.50. The molecule has 88 valence electrons. The summed E-state index contributed by atoms with van der Waals surface area (Å²) in [5.41, 5.74) is 0.858. The summed E-state index contributed by atoms with van der Waals surface area (Å²) in [4.78, 5) is 25.5. The first kappa shape index (κ1) is 11.3. The number of thiocyanates is 1. The summed E-state index contributed by atoms with van der Waals surface area (Å²) in [6, 6.07) is 6.78. The maximum absolute atomic E-state index is 12.4. The Hall–Kier alpha value is -1.77. The molecule has 0 saturated heterocycles. The van der Waals surface area contributed by atoms with Gasteiger partial charge in [0.2, 0.25) is 11.6 Å². The molecule has 1 aliphatic heterocycles. The van der Waals surface area contributed by atoms with Crippen LogP contribution in [0.2, 0.25) is 0 Å².